The molecule has 0 radical (unpaired) electrons. The van der Waals surface area contributed by atoms with Crippen LogP contribution in [0.1, 0.15) is 13.3 Å². The highest BCUT2D eigenvalue weighted by molar-refractivity contribution is 14.0. The molecular weight excluding hydrogens is 395 g/mol. The lowest BCUT2D eigenvalue weighted by atomic mass is 10.4. The summed E-state index contributed by atoms with van der Waals surface area (Å²) in [7, 11) is -1.50. The van der Waals surface area contributed by atoms with E-state index >= 15 is 0 Å². The first kappa shape index (κ1) is 19.9. The van der Waals surface area contributed by atoms with E-state index in [4.69, 9.17) is 10.5 Å². The van der Waals surface area contributed by atoms with Crippen LogP contribution in [0.3, 0.4) is 0 Å². The van der Waals surface area contributed by atoms with E-state index in [0.29, 0.717) is 38.7 Å². The zero-order valence-electron chi connectivity index (χ0n) is 12.1. The van der Waals surface area contributed by atoms with Crippen LogP contribution in [0.4, 0.5) is 0 Å². The van der Waals surface area contributed by atoms with E-state index in [9.17, 15) is 8.42 Å². The van der Waals surface area contributed by atoms with Gasteiger partial charge in [0.1, 0.15) is 0 Å². The van der Waals surface area contributed by atoms with Crippen LogP contribution in [0, 0.1) is 0 Å². The van der Waals surface area contributed by atoms with Gasteiger partial charge in [0.2, 0.25) is 10.0 Å². The normalized spacial score (nSPS) is 17.1. The summed E-state index contributed by atoms with van der Waals surface area (Å²) >= 11 is 0. The van der Waals surface area contributed by atoms with Gasteiger partial charge in [0.25, 0.3) is 0 Å². The fourth-order valence-corrected chi connectivity index (χ4v) is 2.59. The van der Waals surface area contributed by atoms with Crippen LogP contribution < -0.4 is 5.73 Å². The minimum Gasteiger partial charge on any atom is -0.378 e. The molecule has 1 saturated heterocycles. The zero-order valence-corrected chi connectivity index (χ0v) is 15.3. The fourth-order valence-electron chi connectivity index (χ4n) is 1.74. The van der Waals surface area contributed by atoms with Gasteiger partial charge >= 0.3 is 0 Å². The predicted molar refractivity (Wildman–Crippen MR) is 91.0 cm³/mol. The van der Waals surface area contributed by atoms with E-state index < -0.39 is 10.0 Å². The molecule has 0 spiro atoms. The number of nitrogens with two attached hydrogens (primary N) is 1. The fraction of sp³-hybridized carbons (Fsp3) is 0.909. The van der Waals surface area contributed by atoms with Gasteiger partial charge in [-0.25, -0.2) is 12.7 Å². The highest BCUT2D eigenvalue weighted by atomic mass is 127. The van der Waals surface area contributed by atoms with Crippen molar-refractivity contribution >= 4 is 40.0 Å². The number of nitrogens with zero attached hydrogens (tertiary/aromatic N) is 3. The molecule has 0 aromatic carbocycles. The Bertz CT molecular complexity index is 396. The minimum atomic E-state index is -3.09. The molecule has 0 atom stereocenters. The molecule has 0 bridgehead atoms. The van der Waals surface area contributed by atoms with Gasteiger partial charge in [-0.2, -0.15) is 0 Å². The first-order valence-corrected chi connectivity index (χ1v) is 8.15. The molecule has 0 saturated carbocycles. The monoisotopic (exact) mass is 420 g/mol. The second-order valence-corrected chi connectivity index (χ2v) is 6.78. The molecule has 1 aliphatic heterocycles. The van der Waals surface area contributed by atoms with Crippen molar-refractivity contribution in [3.63, 3.8) is 0 Å². The molecule has 7 nitrogen and oxygen atoms in total. The van der Waals surface area contributed by atoms with Gasteiger partial charge < -0.3 is 15.4 Å². The Morgan fingerprint density at radius 1 is 1.40 bits per heavy atom. The van der Waals surface area contributed by atoms with Crippen LogP contribution in [0.2, 0.25) is 0 Å². The van der Waals surface area contributed by atoms with Crippen molar-refractivity contribution in [3.05, 3.63) is 0 Å². The van der Waals surface area contributed by atoms with Crippen molar-refractivity contribution in [2.75, 3.05) is 52.2 Å². The number of hydrogen-bond acceptors (Lipinski definition) is 4. The van der Waals surface area contributed by atoms with Crippen LogP contribution in [0.15, 0.2) is 4.99 Å². The van der Waals surface area contributed by atoms with Gasteiger partial charge in [-0.3, -0.25) is 4.99 Å². The summed E-state index contributed by atoms with van der Waals surface area (Å²) in [4.78, 5) is 6.25. The average molecular weight is 420 g/mol. The molecule has 1 aliphatic rings. The molecule has 20 heavy (non-hydrogen) atoms. The van der Waals surface area contributed by atoms with Crippen molar-refractivity contribution in [3.8, 4) is 0 Å². The Morgan fingerprint density at radius 3 is 2.55 bits per heavy atom. The predicted octanol–water partition coefficient (Wildman–Crippen LogP) is -0.0771. The highest BCUT2D eigenvalue weighted by Crippen LogP contribution is 2.00. The van der Waals surface area contributed by atoms with Crippen molar-refractivity contribution in [2.45, 2.75) is 13.3 Å². The van der Waals surface area contributed by atoms with Crippen LogP contribution in [-0.2, 0) is 14.8 Å². The second-order valence-electron chi connectivity index (χ2n) is 4.41. The van der Waals surface area contributed by atoms with Crippen molar-refractivity contribution in [1.29, 1.82) is 0 Å². The van der Waals surface area contributed by atoms with E-state index in [-0.39, 0.29) is 29.7 Å². The lowest BCUT2D eigenvalue weighted by molar-refractivity contribution is 0.0674. The maximum Gasteiger partial charge on any atom is 0.213 e. The Balaban J connectivity index is 0.00000361. The number of sulfonamides is 1. The van der Waals surface area contributed by atoms with Crippen molar-refractivity contribution < 1.29 is 13.2 Å². The molecule has 0 amide bonds. The van der Waals surface area contributed by atoms with Crippen LogP contribution in [0.25, 0.3) is 0 Å². The summed E-state index contributed by atoms with van der Waals surface area (Å²) in [5, 5.41) is 0. The molecule has 0 unspecified atom stereocenters. The van der Waals surface area contributed by atoms with E-state index in [2.05, 4.69) is 4.99 Å². The number of morpholine rings is 1. The Morgan fingerprint density at radius 2 is 2.00 bits per heavy atom. The quantitative estimate of drug-likeness (QED) is 0.281. The number of hydrogen-bond donors (Lipinski definition) is 1. The molecule has 1 fully saturated rings. The summed E-state index contributed by atoms with van der Waals surface area (Å²) < 4.78 is 29.6. The molecule has 0 aromatic heterocycles. The summed E-state index contributed by atoms with van der Waals surface area (Å²) in [6, 6.07) is 0. The Labute approximate surface area is 138 Å². The topological polar surface area (TPSA) is 88.2 Å². The van der Waals surface area contributed by atoms with Gasteiger partial charge in [0.05, 0.1) is 19.0 Å². The zero-order chi connectivity index (χ0) is 14.3. The SMILES string of the molecule is CCS(=O)(=O)N(C)CCCN=C(N)N1CCOCC1.I. The molecule has 0 aromatic rings. The smallest absolute Gasteiger partial charge is 0.213 e. The second kappa shape index (κ2) is 9.74. The van der Waals surface area contributed by atoms with Gasteiger partial charge in [0, 0.05) is 33.2 Å². The standard InChI is InChI=1S/C11H24N4O3S.HI/c1-3-19(16,17)14(2)6-4-5-13-11(12)15-7-9-18-10-8-15;/h3-10H2,1-2H3,(H2,12,13);1H. The minimum absolute atomic E-state index is 0. The summed E-state index contributed by atoms with van der Waals surface area (Å²) in [6.45, 7) is 5.52. The van der Waals surface area contributed by atoms with Gasteiger partial charge in [-0.15, -0.1) is 24.0 Å². The van der Waals surface area contributed by atoms with Crippen LogP contribution in [0.5, 0.6) is 0 Å². The summed E-state index contributed by atoms with van der Waals surface area (Å²) in [5.74, 6) is 0.646. The average Bonchev–Trinajstić information content (AvgIpc) is 2.43. The molecule has 1 heterocycles. The molecule has 1 rings (SSSR count). The number of ether oxygens (including phenoxy) is 1. The largest absolute Gasteiger partial charge is 0.378 e. The van der Waals surface area contributed by atoms with E-state index in [1.807, 2.05) is 4.90 Å². The third-order valence-corrected chi connectivity index (χ3v) is 4.94. The third kappa shape index (κ3) is 6.55. The van der Waals surface area contributed by atoms with E-state index in [1.165, 1.54) is 4.31 Å². The Kier molecular flexibility index (Phi) is 9.68. The molecular formula is C11H25IN4O3S. The number of aliphatic imine (C=N–C) groups is 1. The molecule has 0 aliphatic carbocycles. The molecule has 9 heteroatoms. The molecule has 120 valence electrons. The number of rotatable bonds is 6. The summed E-state index contributed by atoms with van der Waals surface area (Å²) in [5.41, 5.74) is 5.87. The van der Waals surface area contributed by atoms with E-state index in [1.54, 1.807) is 14.0 Å². The molecule has 2 N–H and O–H groups in total. The number of guanidine groups is 1. The van der Waals surface area contributed by atoms with Crippen molar-refractivity contribution in [2.24, 2.45) is 10.7 Å². The Hall–Kier alpha value is -0.130. The first-order valence-electron chi connectivity index (χ1n) is 6.54. The van der Waals surface area contributed by atoms with Crippen LogP contribution in [-0.4, -0.2) is 75.8 Å². The maximum atomic E-state index is 11.5. The van der Waals surface area contributed by atoms with Gasteiger partial charge in [-0.1, -0.05) is 0 Å². The van der Waals surface area contributed by atoms with Crippen LogP contribution >= 0.6 is 24.0 Å². The first-order chi connectivity index (χ1) is 8.97. The highest BCUT2D eigenvalue weighted by Gasteiger charge is 2.14. The van der Waals surface area contributed by atoms with Gasteiger partial charge in [0.15, 0.2) is 5.96 Å². The van der Waals surface area contributed by atoms with Gasteiger partial charge in [-0.05, 0) is 13.3 Å². The lowest BCUT2D eigenvalue weighted by Gasteiger charge is -2.27. The summed E-state index contributed by atoms with van der Waals surface area (Å²) in [6.07, 6.45) is 0.667. The lowest BCUT2D eigenvalue weighted by Crippen LogP contribution is -2.44. The maximum absolute atomic E-state index is 11.5. The van der Waals surface area contributed by atoms with Crippen molar-refractivity contribution in [1.82, 2.24) is 9.21 Å². The third-order valence-electron chi connectivity index (χ3n) is 3.08. The number of halogens is 1. The van der Waals surface area contributed by atoms with E-state index in [0.717, 1.165) is 13.1 Å².